The molecule has 6 heteroatoms. The summed E-state index contributed by atoms with van der Waals surface area (Å²) in [6.45, 7) is 2.05. The fourth-order valence-electron chi connectivity index (χ4n) is 3.28. The number of nitrogens with one attached hydrogen (secondary N) is 1. The molecule has 2 amide bonds. The van der Waals surface area contributed by atoms with Crippen LogP contribution in [0.1, 0.15) is 18.4 Å². The lowest BCUT2D eigenvalue weighted by atomic mass is 9.96. The van der Waals surface area contributed by atoms with E-state index in [1.54, 1.807) is 6.07 Å². The van der Waals surface area contributed by atoms with Crippen LogP contribution in [0.2, 0.25) is 5.02 Å². The Labute approximate surface area is 170 Å². The standard InChI is InChI=1S/C22H25ClN2O3/c23-20-9-5-4-6-18(20)14-22(27)25-12-10-17(11-13-25)15-24-21(26)16-28-19-7-2-1-3-8-19/h1-9,17H,10-16H2,(H,24,26). The van der Waals surface area contributed by atoms with Gasteiger partial charge < -0.3 is 15.0 Å². The van der Waals surface area contributed by atoms with Gasteiger partial charge in [0.2, 0.25) is 5.91 Å². The van der Waals surface area contributed by atoms with Crippen molar-refractivity contribution in [1.29, 1.82) is 0 Å². The molecule has 0 aromatic heterocycles. The molecule has 1 aliphatic heterocycles. The van der Waals surface area contributed by atoms with E-state index in [1.165, 1.54) is 0 Å². The molecule has 1 saturated heterocycles. The maximum Gasteiger partial charge on any atom is 0.257 e. The van der Waals surface area contributed by atoms with Crippen molar-refractivity contribution in [2.45, 2.75) is 19.3 Å². The third-order valence-electron chi connectivity index (χ3n) is 4.97. The smallest absolute Gasteiger partial charge is 0.257 e. The molecule has 0 atom stereocenters. The number of carbonyl (C=O) groups is 2. The molecule has 148 valence electrons. The van der Waals surface area contributed by atoms with Crippen LogP contribution in [0.5, 0.6) is 5.75 Å². The highest BCUT2D eigenvalue weighted by molar-refractivity contribution is 6.31. The molecule has 0 radical (unpaired) electrons. The molecule has 0 saturated carbocycles. The summed E-state index contributed by atoms with van der Waals surface area (Å²) in [5, 5.41) is 3.56. The van der Waals surface area contributed by atoms with E-state index in [2.05, 4.69) is 5.32 Å². The Hall–Kier alpha value is -2.53. The molecule has 0 aliphatic carbocycles. The van der Waals surface area contributed by atoms with Crippen LogP contribution in [0.25, 0.3) is 0 Å². The minimum absolute atomic E-state index is 0.0131. The summed E-state index contributed by atoms with van der Waals surface area (Å²) in [5.74, 6) is 1.04. The van der Waals surface area contributed by atoms with Crippen molar-refractivity contribution in [3.63, 3.8) is 0 Å². The van der Waals surface area contributed by atoms with Crippen LogP contribution in [0.4, 0.5) is 0 Å². The monoisotopic (exact) mass is 400 g/mol. The highest BCUT2D eigenvalue weighted by Gasteiger charge is 2.23. The topological polar surface area (TPSA) is 58.6 Å². The minimum Gasteiger partial charge on any atom is -0.484 e. The van der Waals surface area contributed by atoms with Crippen molar-refractivity contribution in [1.82, 2.24) is 10.2 Å². The third kappa shape index (κ3) is 5.99. The first kappa shape index (κ1) is 20.2. The molecule has 3 rings (SSSR count). The predicted octanol–water partition coefficient (Wildman–Crippen LogP) is 3.32. The second-order valence-electron chi connectivity index (χ2n) is 7.00. The SMILES string of the molecule is O=C(COc1ccccc1)NCC1CCN(C(=O)Cc2ccccc2Cl)CC1. The van der Waals surface area contributed by atoms with Crippen LogP contribution in [0.3, 0.4) is 0 Å². The van der Waals surface area contributed by atoms with Gasteiger partial charge in [0, 0.05) is 24.7 Å². The molecule has 0 unspecified atom stereocenters. The number of hydrogen-bond acceptors (Lipinski definition) is 3. The number of hydrogen-bond donors (Lipinski definition) is 1. The summed E-state index contributed by atoms with van der Waals surface area (Å²) >= 11 is 6.14. The largest absolute Gasteiger partial charge is 0.484 e. The number of carbonyl (C=O) groups excluding carboxylic acids is 2. The first-order valence-electron chi connectivity index (χ1n) is 9.57. The van der Waals surface area contributed by atoms with Crippen LogP contribution in [0, 0.1) is 5.92 Å². The number of piperidine rings is 1. The second-order valence-corrected chi connectivity index (χ2v) is 7.41. The van der Waals surface area contributed by atoms with E-state index in [0.717, 1.165) is 18.4 Å². The number of halogens is 1. The van der Waals surface area contributed by atoms with Crippen LogP contribution in [-0.4, -0.2) is 43.0 Å². The van der Waals surface area contributed by atoms with Gasteiger partial charge in [0.05, 0.1) is 6.42 Å². The number of nitrogens with zero attached hydrogens (tertiary/aromatic N) is 1. The molecule has 0 bridgehead atoms. The summed E-state index contributed by atoms with van der Waals surface area (Å²) in [7, 11) is 0. The number of likely N-dealkylation sites (tertiary alicyclic amines) is 1. The Kier molecular flexibility index (Phi) is 7.31. The molecule has 28 heavy (non-hydrogen) atoms. The van der Waals surface area contributed by atoms with E-state index in [-0.39, 0.29) is 18.4 Å². The molecular formula is C22H25ClN2O3. The average Bonchev–Trinajstić information content (AvgIpc) is 2.73. The number of rotatable bonds is 7. The lowest BCUT2D eigenvalue weighted by Gasteiger charge is -2.32. The van der Waals surface area contributed by atoms with Crippen LogP contribution in [0.15, 0.2) is 54.6 Å². The van der Waals surface area contributed by atoms with Gasteiger partial charge in [-0.3, -0.25) is 9.59 Å². The zero-order chi connectivity index (χ0) is 19.8. The Morgan fingerprint density at radius 2 is 1.71 bits per heavy atom. The van der Waals surface area contributed by atoms with Crippen LogP contribution in [-0.2, 0) is 16.0 Å². The van der Waals surface area contributed by atoms with Crippen molar-refractivity contribution in [2.24, 2.45) is 5.92 Å². The quantitative estimate of drug-likeness (QED) is 0.775. The summed E-state index contributed by atoms with van der Waals surface area (Å²) in [5.41, 5.74) is 0.863. The molecule has 2 aromatic carbocycles. The number of benzene rings is 2. The van der Waals surface area contributed by atoms with Crippen LogP contribution >= 0.6 is 11.6 Å². The molecule has 1 heterocycles. The molecule has 5 nitrogen and oxygen atoms in total. The van der Waals surface area contributed by atoms with Gasteiger partial charge in [0.15, 0.2) is 6.61 Å². The van der Waals surface area contributed by atoms with E-state index in [1.807, 2.05) is 53.4 Å². The van der Waals surface area contributed by atoms with E-state index >= 15 is 0 Å². The van der Waals surface area contributed by atoms with E-state index in [9.17, 15) is 9.59 Å². The average molecular weight is 401 g/mol. The fourth-order valence-corrected chi connectivity index (χ4v) is 3.48. The molecular weight excluding hydrogens is 376 g/mol. The van der Waals surface area contributed by atoms with Gasteiger partial charge in [0.1, 0.15) is 5.75 Å². The van der Waals surface area contributed by atoms with Crippen molar-refractivity contribution in [3.8, 4) is 5.75 Å². The minimum atomic E-state index is -0.124. The Bertz CT molecular complexity index is 789. The van der Waals surface area contributed by atoms with E-state index < -0.39 is 0 Å². The maximum absolute atomic E-state index is 12.5. The summed E-state index contributed by atoms with van der Waals surface area (Å²) in [6, 6.07) is 16.7. The Morgan fingerprint density at radius 1 is 1.04 bits per heavy atom. The van der Waals surface area contributed by atoms with Gasteiger partial charge in [0.25, 0.3) is 5.91 Å². The second kappa shape index (κ2) is 10.1. The number of para-hydroxylation sites is 1. The fraction of sp³-hybridized carbons (Fsp3) is 0.364. The molecule has 1 aliphatic rings. The lowest BCUT2D eigenvalue weighted by Crippen LogP contribution is -2.42. The van der Waals surface area contributed by atoms with Crippen molar-refractivity contribution >= 4 is 23.4 Å². The van der Waals surface area contributed by atoms with Gasteiger partial charge in [-0.25, -0.2) is 0 Å². The van der Waals surface area contributed by atoms with E-state index in [4.69, 9.17) is 16.3 Å². The summed E-state index contributed by atoms with van der Waals surface area (Å²) < 4.78 is 5.45. The Balaban J connectivity index is 1.35. The van der Waals surface area contributed by atoms with Crippen LogP contribution < -0.4 is 10.1 Å². The Morgan fingerprint density at radius 3 is 2.43 bits per heavy atom. The van der Waals surface area contributed by atoms with E-state index in [0.29, 0.717) is 42.7 Å². The highest BCUT2D eigenvalue weighted by atomic mass is 35.5. The van der Waals surface area contributed by atoms with Gasteiger partial charge in [-0.1, -0.05) is 48.0 Å². The molecule has 2 aromatic rings. The zero-order valence-electron chi connectivity index (χ0n) is 15.8. The lowest BCUT2D eigenvalue weighted by molar-refractivity contribution is -0.132. The summed E-state index contributed by atoms with van der Waals surface area (Å²) in [4.78, 5) is 26.3. The first-order chi connectivity index (χ1) is 13.6. The molecule has 0 spiro atoms. The van der Waals surface area contributed by atoms with Crippen molar-refractivity contribution in [2.75, 3.05) is 26.2 Å². The zero-order valence-corrected chi connectivity index (χ0v) is 16.5. The third-order valence-corrected chi connectivity index (χ3v) is 5.34. The predicted molar refractivity (Wildman–Crippen MR) is 109 cm³/mol. The highest BCUT2D eigenvalue weighted by Crippen LogP contribution is 2.20. The molecule has 1 N–H and O–H groups in total. The first-order valence-corrected chi connectivity index (χ1v) is 9.95. The van der Waals surface area contributed by atoms with Gasteiger partial charge in [-0.05, 0) is 42.5 Å². The van der Waals surface area contributed by atoms with Gasteiger partial charge >= 0.3 is 0 Å². The maximum atomic E-state index is 12.5. The number of ether oxygens (including phenoxy) is 1. The summed E-state index contributed by atoms with van der Waals surface area (Å²) in [6.07, 6.45) is 2.10. The molecule has 1 fully saturated rings. The van der Waals surface area contributed by atoms with Crippen molar-refractivity contribution in [3.05, 3.63) is 65.2 Å². The van der Waals surface area contributed by atoms with Gasteiger partial charge in [-0.15, -0.1) is 0 Å². The number of amides is 2. The van der Waals surface area contributed by atoms with Gasteiger partial charge in [-0.2, -0.15) is 0 Å². The normalized spacial score (nSPS) is 14.5. The van der Waals surface area contributed by atoms with Crippen molar-refractivity contribution < 1.29 is 14.3 Å².